The van der Waals surface area contributed by atoms with Gasteiger partial charge in [0.2, 0.25) is 0 Å². The molecule has 3 nitrogen and oxygen atoms in total. The number of aryl methyl sites for hydroxylation is 1. The minimum absolute atomic E-state index is 0.148. The van der Waals surface area contributed by atoms with Crippen molar-refractivity contribution >= 4 is 12.0 Å². The first-order valence-electron chi connectivity index (χ1n) is 8.52. The number of rotatable bonds is 4. The van der Waals surface area contributed by atoms with Crippen molar-refractivity contribution in [2.45, 2.75) is 6.92 Å². The topological polar surface area (TPSA) is 23.6 Å². The molecule has 0 N–H and O–H groups in total. The first kappa shape index (κ1) is 16.5. The fourth-order valence-corrected chi connectivity index (χ4v) is 2.91. The zero-order valence-electron chi connectivity index (χ0n) is 14.2. The van der Waals surface area contributed by atoms with Crippen LogP contribution in [0.2, 0.25) is 0 Å². The molecule has 2 aromatic carbocycles. The highest BCUT2D eigenvalue weighted by atomic mass is 16.2. The maximum Gasteiger partial charge on any atom is 0.253 e. The van der Waals surface area contributed by atoms with Gasteiger partial charge in [-0.2, -0.15) is 0 Å². The zero-order valence-corrected chi connectivity index (χ0v) is 14.2. The van der Waals surface area contributed by atoms with E-state index in [1.165, 1.54) is 11.1 Å². The van der Waals surface area contributed by atoms with Gasteiger partial charge in [0.15, 0.2) is 0 Å². The molecular weight excluding hydrogens is 296 g/mol. The highest BCUT2D eigenvalue weighted by Gasteiger charge is 2.21. The Morgan fingerprint density at radius 1 is 0.958 bits per heavy atom. The van der Waals surface area contributed by atoms with Gasteiger partial charge in [0.05, 0.1) is 0 Å². The molecule has 0 aliphatic carbocycles. The third-order valence-corrected chi connectivity index (χ3v) is 4.43. The van der Waals surface area contributed by atoms with Crippen LogP contribution >= 0.6 is 0 Å². The van der Waals surface area contributed by atoms with Crippen molar-refractivity contribution in [1.82, 2.24) is 9.80 Å². The van der Waals surface area contributed by atoms with E-state index in [9.17, 15) is 4.79 Å². The van der Waals surface area contributed by atoms with Crippen molar-refractivity contribution in [3.8, 4) is 0 Å². The van der Waals surface area contributed by atoms with E-state index in [4.69, 9.17) is 0 Å². The van der Waals surface area contributed by atoms with E-state index < -0.39 is 0 Å². The average Bonchev–Trinajstić information content (AvgIpc) is 2.63. The third-order valence-electron chi connectivity index (χ3n) is 4.43. The summed E-state index contributed by atoms with van der Waals surface area (Å²) in [6, 6.07) is 18.2. The van der Waals surface area contributed by atoms with Crippen LogP contribution in [0.4, 0.5) is 0 Å². The first-order valence-corrected chi connectivity index (χ1v) is 8.52. The van der Waals surface area contributed by atoms with Gasteiger partial charge in [-0.15, -0.1) is 0 Å². The highest BCUT2D eigenvalue weighted by molar-refractivity contribution is 5.94. The summed E-state index contributed by atoms with van der Waals surface area (Å²) in [6.45, 7) is 6.42. The van der Waals surface area contributed by atoms with Crippen molar-refractivity contribution in [2.24, 2.45) is 0 Å². The van der Waals surface area contributed by atoms with Crippen LogP contribution in [0.15, 0.2) is 60.7 Å². The van der Waals surface area contributed by atoms with Crippen molar-refractivity contribution in [2.75, 3.05) is 32.7 Å². The maximum atomic E-state index is 12.5. The summed E-state index contributed by atoms with van der Waals surface area (Å²) in [5.74, 6) is 0.148. The number of piperazine rings is 1. The monoisotopic (exact) mass is 320 g/mol. The molecule has 1 saturated heterocycles. The SMILES string of the molecule is Cc1ccc(C(=O)N2CCN(CC=Cc3ccccc3)CC2)cc1. The molecule has 1 heterocycles. The first-order chi connectivity index (χ1) is 11.7. The number of benzene rings is 2. The van der Waals surface area contributed by atoms with Gasteiger partial charge in [-0.25, -0.2) is 0 Å². The van der Waals surface area contributed by atoms with Gasteiger partial charge in [-0.1, -0.05) is 60.2 Å². The van der Waals surface area contributed by atoms with Crippen LogP contribution in [-0.4, -0.2) is 48.4 Å². The second-order valence-electron chi connectivity index (χ2n) is 6.27. The van der Waals surface area contributed by atoms with E-state index in [-0.39, 0.29) is 5.91 Å². The van der Waals surface area contributed by atoms with E-state index in [0.29, 0.717) is 0 Å². The molecule has 0 unspecified atom stereocenters. The Morgan fingerprint density at radius 2 is 1.62 bits per heavy atom. The average molecular weight is 320 g/mol. The summed E-state index contributed by atoms with van der Waals surface area (Å²) in [4.78, 5) is 16.9. The van der Waals surface area contributed by atoms with Crippen LogP contribution in [-0.2, 0) is 0 Å². The lowest BCUT2D eigenvalue weighted by atomic mass is 10.1. The number of hydrogen-bond acceptors (Lipinski definition) is 2. The summed E-state index contributed by atoms with van der Waals surface area (Å²) in [5.41, 5.74) is 3.20. The molecule has 0 saturated carbocycles. The number of carbonyl (C=O) groups is 1. The van der Waals surface area contributed by atoms with Crippen molar-refractivity contribution in [3.63, 3.8) is 0 Å². The predicted octanol–water partition coefficient (Wildman–Crippen LogP) is 3.47. The second-order valence-corrected chi connectivity index (χ2v) is 6.27. The van der Waals surface area contributed by atoms with Crippen LogP contribution in [0, 0.1) is 6.92 Å². The number of carbonyl (C=O) groups excluding carboxylic acids is 1. The lowest BCUT2D eigenvalue weighted by Gasteiger charge is -2.34. The fourth-order valence-electron chi connectivity index (χ4n) is 2.91. The predicted molar refractivity (Wildman–Crippen MR) is 99.0 cm³/mol. The molecule has 124 valence electrons. The van der Waals surface area contributed by atoms with Crippen molar-refractivity contribution in [1.29, 1.82) is 0 Å². The molecule has 1 amide bonds. The van der Waals surface area contributed by atoms with E-state index in [1.54, 1.807) is 0 Å². The van der Waals surface area contributed by atoms with E-state index >= 15 is 0 Å². The molecule has 0 radical (unpaired) electrons. The largest absolute Gasteiger partial charge is 0.336 e. The summed E-state index contributed by atoms with van der Waals surface area (Å²) >= 11 is 0. The molecule has 0 spiro atoms. The van der Waals surface area contributed by atoms with Gasteiger partial charge < -0.3 is 4.90 Å². The number of amides is 1. The van der Waals surface area contributed by atoms with Gasteiger partial charge in [0.25, 0.3) is 5.91 Å². The van der Waals surface area contributed by atoms with Gasteiger partial charge in [0.1, 0.15) is 0 Å². The summed E-state index contributed by atoms with van der Waals surface area (Å²) in [6.07, 6.45) is 4.36. The molecule has 3 heteroatoms. The molecule has 0 bridgehead atoms. The third kappa shape index (κ3) is 4.33. The Kier molecular flexibility index (Phi) is 5.44. The molecular formula is C21H24N2O. The molecule has 1 aliphatic rings. The second kappa shape index (κ2) is 7.93. The molecule has 3 rings (SSSR count). The van der Waals surface area contributed by atoms with Gasteiger partial charge >= 0.3 is 0 Å². The quantitative estimate of drug-likeness (QED) is 0.861. The fraction of sp³-hybridized carbons (Fsp3) is 0.286. The lowest BCUT2D eigenvalue weighted by molar-refractivity contribution is 0.0650. The van der Waals surface area contributed by atoms with E-state index in [0.717, 1.165) is 38.3 Å². The van der Waals surface area contributed by atoms with Gasteiger partial charge in [0, 0.05) is 38.3 Å². The van der Waals surface area contributed by atoms with Crippen LogP contribution in [0.1, 0.15) is 21.5 Å². The standard InChI is InChI=1S/C21H24N2O/c1-18-9-11-20(12-10-18)21(24)23-16-14-22(15-17-23)13-5-8-19-6-3-2-4-7-19/h2-12H,13-17H2,1H3. The highest BCUT2D eigenvalue weighted by Crippen LogP contribution is 2.10. The Morgan fingerprint density at radius 3 is 2.29 bits per heavy atom. The van der Waals surface area contributed by atoms with Crippen molar-refractivity contribution < 1.29 is 4.79 Å². The van der Waals surface area contributed by atoms with Crippen LogP contribution < -0.4 is 0 Å². The van der Waals surface area contributed by atoms with Gasteiger partial charge in [-0.05, 0) is 24.6 Å². The number of nitrogens with zero attached hydrogens (tertiary/aromatic N) is 2. The van der Waals surface area contributed by atoms with Gasteiger partial charge in [-0.3, -0.25) is 9.69 Å². The van der Waals surface area contributed by atoms with E-state index in [2.05, 4.69) is 41.3 Å². The molecule has 2 aromatic rings. The maximum absolute atomic E-state index is 12.5. The van der Waals surface area contributed by atoms with Crippen LogP contribution in [0.3, 0.4) is 0 Å². The molecule has 1 aliphatic heterocycles. The number of hydrogen-bond donors (Lipinski definition) is 0. The molecule has 1 fully saturated rings. The molecule has 0 aromatic heterocycles. The Balaban J connectivity index is 1.48. The summed E-state index contributed by atoms with van der Waals surface area (Å²) in [5, 5.41) is 0. The van der Waals surface area contributed by atoms with E-state index in [1.807, 2.05) is 42.2 Å². The minimum Gasteiger partial charge on any atom is -0.336 e. The Labute approximate surface area is 144 Å². The Bertz CT molecular complexity index is 684. The summed E-state index contributed by atoms with van der Waals surface area (Å²) < 4.78 is 0. The Hall–Kier alpha value is -2.39. The smallest absolute Gasteiger partial charge is 0.253 e. The lowest BCUT2D eigenvalue weighted by Crippen LogP contribution is -2.48. The van der Waals surface area contributed by atoms with Crippen LogP contribution in [0.25, 0.3) is 6.08 Å². The summed E-state index contributed by atoms with van der Waals surface area (Å²) in [7, 11) is 0. The zero-order chi connectivity index (χ0) is 16.8. The van der Waals surface area contributed by atoms with Crippen LogP contribution in [0.5, 0.6) is 0 Å². The normalized spacial score (nSPS) is 15.8. The van der Waals surface area contributed by atoms with Crippen molar-refractivity contribution in [3.05, 3.63) is 77.4 Å². The molecule has 0 atom stereocenters. The minimum atomic E-state index is 0.148. The molecule has 24 heavy (non-hydrogen) atoms.